The lowest BCUT2D eigenvalue weighted by Crippen LogP contribution is -2.48. The van der Waals surface area contributed by atoms with Crippen molar-refractivity contribution in [2.45, 2.75) is 38.4 Å². The van der Waals surface area contributed by atoms with Crippen molar-refractivity contribution in [1.29, 1.82) is 0 Å². The summed E-state index contributed by atoms with van der Waals surface area (Å²) in [6.45, 7) is 1.43. The molecule has 1 unspecified atom stereocenters. The van der Waals surface area contributed by atoms with Crippen LogP contribution in [0, 0.1) is 0 Å². The van der Waals surface area contributed by atoms with Gasteiger partial charge in [-0.2, -0.15) is 5.10 Å². The van der Waals surface area contributed by atoms with Gasteiger partial charge in [0.1, 0.15) is 0 Å². The molecule has 0 radical (unpaired) electrons. The number of hydrogen-bond donors (Lipinski definition) is 2. The number of halogens is 1. The van der Waals surface area contributed by atoms with Crippen LogP contribution < -0.4 is 10.6 Å². The lowest BCUT2D eigenvalue weighted by atomic mass is 9.88. The maximum absolute atomic E-state index is 12.2. The lowest BCUT2D eigenvalue weighted by molar-refractivity contribution is -0.127. The normalized spacial score (nSPS) is 15.1. The van der Waals surface area contributed by atoms with Gasteiger partial charge >= 0.3 is 0 Å². The molecule has 2 aromatic carbocycles. The van der Waals surface area contributed by atoms with Crippen molar-refractivity contribution in [3.8, 4) is 0 Å². The third kappa shape index (κ3) is 7.06. The smallest absolute Gasteiger partial charge is 0.241 e. The van der Waals surface area contributed by atoms with E-state index in [-0.39, 0.29) is 42.5 Å². The van der Waals surface area contributed by atoms with Crippen molar-refractivity contribution in [2.75, 3.05) is 20.6 Å². The average Bonchev–Trinajstić information content (AvgIpc) is 3.34. The van der Waals surface area contributed by atoms with E-state index in [9.17, 15) is 4.79 Å². The van der Waals surface area contributed by atoms with Gasteiger partial charge in [-0.1, -0.05) is 48.5 Å². The average molecular weight is 572 g/mol. The maximum atomic E-state index is 12.2. The number of aliphatic imine (C=N–C) groups is 1. The van der Waals surface area contributed by atoms with Crippen LogP contribution in [-0.4, -0.2) is 53.2 Å². The summed E-state index contributed by atoms with van der Waals surface area (Å²) in [7, 11) is 3.52. The summed E-state index contributed by atoms with van der Waals surface area (Å²) in [5.74, 6) is 0.682. The molecule has 0 saturated heterocycles. The first kappa shape index (κ1) is 25.7. The van der Waals surface area contributed by atoms with Crippen molar-refractivity contribution >= 4 is 35.8 Å². The van der Waals surface area contributed by atoms with Crippen molar-refractivity contribution in [3.05, 3.63) is 89.2 Å². The number of carbonyl (C=O) groups excluding carboxylic acids is 1. The lowest BCUT2D eigenvalue weighted by Gasteiger charge is -2.27. The number of fused-ring (bicyclic) bond motifs is 1. The highest BCUT2D eigenvalue weighted by Crippen LogP contribution is 2.21. The highest BCUT2D eigenvalue weighted by atomic mass is 127. The Kier molecular flexibility index (Phi) is 9.50. The number of nitrogens with one attached hydrogen (secondary N) is 2. The number of aryl methyl sites for hydroxylation is 1. The fraction of sp³-hybridized carbons (Fsp3) is 0.346. The van der Waals surface area contributed by atoms with Crippen LogP contribution in [-0.2, 0) is 30.7 Å². The first-order chi connectivity index (χ1) is 16.1. The van der Waals surface area contributed by atoms with Crippen LogP contribution >= 0.6 is 24.0 Å². The molecule has 34 heavy (non-hydrogen) atoms. The highest BCUT2D eigenvalue weighted by molar-refractivity contribution is 14.0. The summed E-state index contributed by atoms with van der Waals surface area (Å²) in [6, 6.07) is 19.1. The number of guanidine groups is 1. The first-order valence-electron chi connectivity index (χ1n) is 11.4. The van der Waals surface area contributed by atoms with E-state index < -0.39 is 0 Å². The van der Waals surface area contributed by atoms with E-state index in [1.807, 2.05) is 29.1 Å². The molecule has 1 amide bonds. The first-order valence-corrected chi connectivity index (χ1v) is 11.4. The Morgan fingerprint density at radius 2 is 1.82 bits per heavy atom. The molecule has 1 atom stereocenters. The summed E-state index contributed by atoms with van der Waals surface area (Å²) in [5.41, 5.74) is 5.13. The second kappa shape index (κ2) is 12.5. The van der Waals surface area contributed by atoms with E-state index >= 15 is 0 Å². The molecule has 8 heteroatoms. The van der Waals surface area contributed by atoms with Crippen LogP contribution in [0.5, 0.6) is 0 Å². The van der Waals surface area contributed by atoms with Gasteiger partial charge in [-0.3, -0.25) is 9.48 Å². The van der Waals surface area contributed by atoms with E-state index in [1.165, 1.54) is 16.7 Å². The van der Waals surface area contributed by atoms with Crippen LogP contribution in [0.1, 0.15) is 28.7 Å². The Hall–Kier alpha value is -2.88. The van der Waals surface area contributed by atoms with E-state index in [4.69, 9.17) is 4.99 Å². The predicted octanol–water partition coefficient (Wildman–Crippen LogP) is 3.23. The number of carbonyl (C=O) groups is 1. The van der Waals surface area contributed by atoms with Crippen LogP contribution in [0.4, 0.5) is 0 Å². The van der Waals surface area contributed by atoms with Gasteiger partial charge in [0.15, 0.2) is 5.96 Å². The van der Waals surface area contributed by atoms with Gasteiger partial charge in [0.25, 0.3) is 0 Å². The van der Waals surface area contributed by atoms with Crippen molar-refractivity contribution in [2.24, 2.45) is 4.99 Å². The number of nitrogens with zero attached hydrogens (tertiary/aromatic N) is 4. The van der Waals surface area contributed by atoms with Gasteiger partial charge in [0.05, 0.1) is 19.6 Å². The summed E-state index contributed by atoms with van der Waals surface area (Å²) >= 11 is 0. The third-order valence-corrected chi connectivity index (χ3v) is 6.01. The zero-order chi connectivity index (χ0) is 23.0. The number of aromatic nitrogens is 2. The molecule has 7 nitrogen and oxygen atoms in total. The van der Waals surface area contributed by atoms with Gasteiger partial charge in [0, 0.05) is 32.5 Å². The molecule has 0 bridgehead atoms. The Morgan fingerprint density at radius 1 is 1.09 bits per heavy atom. The third-order valence-electron chi connectivity index (χ3n) is 6.01. The second-order valence-corrected chi connectivity index (χ2v) is 8.63. The number of likely N-dealkylation sites (N-methyl/N-ethyl adjacent to an activating group) is 1. The predicted molar refractivity (Wildman–Crippen MR) is 146 cm³/mol. The van der Waals surface area contributed by atoms with Gasteiger partial charge in [-0.25, -0.2) is 4.99 Å². The van der Waals surface area contributed by atoms with Crippen molar-refractivity contribution in [3.63, 3.8) is 0 Å². The van der Waals surface area contributed by atoms with Crippen LogP contribution in [0.2, 0.25) is 0 Å². The molecule has 0 spiro atoms. The van der Waals surface area contributed by atoms with Crippen LogP contribution in [0.25, 0.3) is 0 Å². The summed E-state index contributed by atoms with van der Waals surface area (Å²) in [4.78, 5) is 18.6. The topological polar surface area (TPSA) is 74.5 Å². The Balaban J connectivity index is 0.00000324. The summed E-state index contributed by atoms with van der Waals surface area (Å²) in [5, 5.41) is 11.1. The molecule has 0 saturated carbocycles. The molecule has 3 aromatic rings. The monoisotopic (exact) mass is 572 g/mol. The SMILES string of the molecule is CN(C)C(=O)CNC(=NCc1ccccc1Cn1cccn1)NC1CCc2ccccc2C1.I. The molecule has 1 aromatic heterocycles. The molecular formula is C26H33IN6O. The Bertz CT molecular complexity index is 1100. The minimum atomic E-state index is 0. The summed E-state index contributed by atoms with van der Waals surface area (Å²) in [6.07, 6.45) is 6.78. The zero-order valence-electron chi connectivity index (χ0n) is 19.8. The van der Waals surface area contributed by atoms with Gasteiger partial charge < -0.3 is 15.5 Å². The number of amides is 1. The summed E-state index contributed by atoms with van der Waals surface area (Å²) < 4.78 is 1.91. The Labute approximate surface area is 218 Å². The maximum Gasteiger partial charge on any atom is 0.241 e. The van der Waals surface area contributed by atoms with E-state index in [2.05, 4.69) is 52.1 Å². The largest absolute Gasteiger partial charge is 0.353 e. The number of hydrogen-bond acceptors (Lipinski definition) is 3. The fourth-order valence-corrected chi connectivity index (χ4v) is 4.08. The Morgan fingerprint density at radius 3 is 2.56 bits per heavy atom. The van der Waals surface area contributed by atoms with Crippen LogP contribution in [0.15, 0.2) is 72.0 Å². The van der Waals surface area contributed by atoms with E-state index in [0.29, 0.717) is 19.0 Å². The molecular weight excluding hydrogens is 539 g/mol. The van der Waals surface area contributed by atoms with Crippen LogP contribution in [0.3, 0.4) is 0 Å². The van der Waals surface area contributed by atoms with E-state index in [1.54, 1.807) is 25.2 Å². The van der Waals surface area contributed by atoms with Gasteiger partial charge in [0.2, 0.25) is 5.91 Å². The van der Waals surface area contributed by atoms with E-state index in [0.717, 1.165) is 24.8 Å². The zero-order valence-corrected chi connectivity index (χ0v) is 22.1. The standard InChI is InChI=1S/C26H32N6O.HI/c1-31(2)25(33)18-28-26(30-24-13-12-20-8-3-4-9-21(20)16-24)27-17-22-10-5-6-11-23(22)19-32-15-7-14-29-32;/h3-11,14-15,24H,12-13,16-19H2,1-2H3,(H2,27,28,30);1H. The molecule has 1 heterocycles. The molecule has 0 fully saturated rings. The molecule has 0 aliphatic heterocycles. The second-order valence-electron chi connectivity index (χ2n) is 8.63. The van der Waals surface area contributed by atoms with Gasteiger partial charge in [-0.15, -0.1) is 24.0 Å². The minimum absolute atomic E-state index is 0. The fourth-order valence-electron chi connectivity index (χ4n) is 4.08. The number of rotatable bonds is 7. The molecule has 2 N–H and O–H groups in total. The van der Waals surface area contributed by atoms with Crippen molar-refractivity contribution < 1.29 is 4.79 Å². The highest BCUT2D eigenvalue weighted by Gasteiger charge is 2.19. The molecule has 4 rings (SSSR count). The van der Waals surface area contributed by atoms with Crippen molar-refractivity contribution in [1.82, 2.24) is 25.3 Å². The molecule has 1 aliphatic rings. The van der Waals surface area contributed by atoms with Gasteiger partial charge in [-0.05, 0) is 47.6 Å². The quantitative estimate of drug-likeness (QED) is 0.259. The molecule has 180 valence electrons. The molecule has 1 aliphatic carbocycles. The minimum Gasteiger partial charge on any atom is -0.353 e. The number of benzene rings is 2.